The number of benzene rings is 2. The number of nitrogens with zero attached hydrogens (tertiary/aromatic N) is 2. The van der Waals surface area contributed by atoms with Crippen molar-refractivity contribution >= 4 is 29.7 Å². The van der Waals surface area contributed by atoms with Crippen molar-refractivity contribution in [3.05, 3.63) is 73.3 Å². The van der Waals surface area contributed by atoms with Crippen LogP contribution in [0, 0.1) is 20.2 Å². The van der Waals surface area contributed by atoms with Crippen molar-refractivity contribution < 1.29 is 29.6 Å². The fourth-order valence-electron chi connectivity index (χ4n) is 2.17. The van der Waals surface area contributed by atoms with E-state index in [4.69, 9.17) is 5.11 Å². The quantitative estimate of drug-likeness (QED) is 0.262. The van der Waals surface area contributed by atoms with Gasteiger partial charge in [-0.15, -0.1) is 0 Å². The topological polar surface area (TPSA) is 153 Å². The highest BCUT2D eigenvalue weighted by atomic mass is 16.7. The highest BCUT2D eigenvalue weighted by Gasteiger charge is 2.18. The maximum absolute atomic E-state index is 10.9. The molecular weight excluding hydrogens is 348 g/mol. The molecule has 0 fully saturated rings. The molecule has 0 aliphatic rings. The Bertz CT molecular complexity index is 907. The van der Waals surface area contributed by atoms with E-state index in [2.05, 4.69) is 4.74 Å². The lowest BCUT2D eigenvalue weighted by atomic mass is 10.1. The van der Waals surface area contributed by atoms with E-state index >= 15 is 0 Å². The SMILES string of the molecule is O=C(O)Oc1cc(C=Cc2ccc([N+](=O)[O-])c(CO)c2)ccc1[N+](=O)[O-]. The molecular formula is C16H12N2O8. The molecule has 0 aromatic heterocycles. The molecule has 134 valence electrons. The molecule has 0 spiro atoms. The van der Waals surface area contributed by atoms with E-state index in [1.165, 1.54) is 36.4 Å². The standard InChI is InChI=1S/C16H12N2O8/c19-9-12-7-10(3-5-13(12)17(22)23)1-2-11-4-6-14(18(24)25)15(8-11)26-16(20)21/h1-8,19H,9H2,(H,20,21). The van der Waals surface area contributed by atoms with Gasteiger partial charge < -0.3 is 14.9 Å². The van der Waals surface area contributed by atoms with Crippen LogP contribution in [0.5, 0.6) is 5.75 Å². The molecule has 2 aromatic carbocycles. The van der Waals surface area contributed by atoms with E-state index in [9.17, 15) is 30.1 Å². The first-order valence-electron chi connectivity index (χ1n) is 7.07. The van der Waals surface area contributed by atoms with Crippen LogP contribution < -0.4 is 4.74 Å². The number of ether oxygens (including phenoxy) is 1. The molecule has 0 heterocycles. The van der Waals surface area contributed by atoms with E-state index in [1.54, 1.807) is 6.08 Å². The van der Waals surface area contributed by atoms with Crippen LogP contribution in [-0.4, -0.2) is 26.2 Å². The molecule has 0 amide bonds. The van der Waals surface area contributed by atoms with Gasteiger partial charge in [-0.1, -0.05) is 12.2 Å². The molecule has 0 bridgehead atoms. The van der Waals surface area contributed by atoms with E-state index < -0.39 is 34.0 Å². The third-order valence-corrected chi connectivity index (χ3v) is 3.32. The monoisotopic (exact) mass is 360 g/mol. The molecule has 2 rings (SSSR count). The fourth-order valence-corrected chi connectivity index (χ4v) is 2.17. The number of carboxylic acid groups (broad SMARTS) is 1. The Morgan fingerprint density at radius 1 is 1.00 bits per heavy atom. The van der Waals surface area contributed by atoms with Crippen molar-refractivity contribution in [2.24, 2.45) is 0 Å². The van der Waals surface area contributed by atoms with Gasteiger partial charge in [0, 0.05) is 12.1 Å². The summed E-state index contributed by atoms with van der Waals surface area (Å²) in [6.07, 6.45) is 1.38. The maximum atomic E-state index is 10.9. The highest BCUT2D eigenvalue weighted by molar-refractivity contribution is 5.73. The zero-order valence-corrected chi connectivity index (χ0v) is 13.1. The van der Waals surface area contributed by atoms with Gasteiger partial charge in [-0.25, -0.2) is 4.79 Å². The molecule has 0 radical (unpaired) electrons. The van der Waals surface area contributed by atoms with Crippen LogP contribution in [0.3, 0.4) is 0 Å². The Kier molecular flexibility index (Phi) is 5.60. The van der Waals surface area contributed by atoms with Gasteiger partial charge in [0.25, 0.3) is 5.69 Å². The number of rotatable bonds is 6. The second-order valence-electron chi connectivity index (χ2n) is 4.99. The molecule has 0 aliphatic heterocycles. The summed E-state index contributed by atoms with van der Waals surface area (Å²) in [4.78, 5) is 31.0. The largest absolute Gasteiger partial charge is 0.511 e. The van der Waals surface area contributed by atoms with Gasteiger partial charge in [-0.3, -0.25) is 20.2 Å². The van der Waals surface area contributed by atoms with E-state index in [0.717, 1.165) is 6.07 Å². The zero-order chi connectivity index (χ0) is 19.3. The predicted molar refractivity (Wildman–Crippen MR) is 89.7 cm³/mol. The second-order valence-corrected chi connectivity index (χ2v) is 4.99. The van der Waals surface area contributed by atoms with E-state index in [1.807, 2.05) is 0 Å². The zero-order valence-electron chi connectivity index (χ0n) is 13.1. The minimum atomic E-state index is -1.68. The Morgan fingerprint density at radius 2 is 1.54 bits per heavy atom. The first-order chi connectivity index (χ1) is 12.3. The Labute approximate surface area is 145 Å². The van der Waals surface area contributed by atoms with Crippen LogP contribution >= 0.6 is 0 Å². The Morgan fingerprint density at radius 3 is 2.04 bits per heavy atom. The smallest absolute Gasteiger partial charge is 0.449 e. The molecule has 0 unspecified atom stereocenters. The van der Waals surface area contributed by atoms with Crippen LogP contribution in [0.2, 0.25) is 0 Å². The third-order valence-electron chi connectivity index (χ3n) is 3.32. The molecule has 10 heteroatoms. The molecule has 26 heavy (non-hydrogen) atoms. The number of aliphatic hydroxyl groups excluding tert-OH is 1. The molecule has 2 aromatic rings. The number of carbonyl (C=O) groups is 1. The third kappa shape index (κ3) is 4.39. The van der Waals surface area contributed by atoms with Crippen LogP contribution in [0.15, 0.2) is 36.4 Å². The number of hydrogen-bond donors (Lipinski definition) is 2. The van der Waals surface area contributed by atoms with Crippen molar-refractivity contribution in [1.82, 2.24) is 0 Å². The first kappa shape index (κ1) is 18.5. The summed E-state index contributed by atoms with van der Waals surface area (Å²) >= 11 is 0. The molecule has 10 nitrogen and oxygen atoms in total. The predicted octanol–water partition coefficient (Wildman–Crippen LogP) is 3.22. The van der Waals surface area contributed by atoms with Gasteiger partial charge in [-0.05, 0) is 35.4 Å². The van der Waals surface area contributed by atoms with E-state index in [0.29, 0.717) is 11.1 Å². The normalized spacial score (nSPS) is 10.7. The van der Waals surface area contributed by atoms with Crippen molar-refractivity contribution in [3.8, 4) is 5.75 Å². The summed E-state index contributed by atoms with van der Waals surface area (Å²) in [5, 5.41) is 39.6. The molecule has 0 aliphatic carbocycles. The van der Waals surface area contributed by atoms with Crippen molar-refractivity contribution in [2.45, 2.75) is 6.61 Å². The van der Waals surface area contributed by atoms with Crippen molar-refractivity contribution in [2.75, 3.05) is 0 Å². The maximum Gasteiger partial charge on any atom is 0.511 e. The average molecular weight is 360 g/mol. The van der Waals surface area contributed by atoms with Gasteiger partial charge >= 0.3 is 11.8 Å². The van der Waals surface area contributed by atoms with Crippen LogP contribution in [0.4, 0.5) is 16.2 Å². The summed E-state index contributed by atoms with van der Waals surface area (Å²) in [7, 11) is 0. The van der Waals surface area contributed by atoms with Crippen LogP contribution in [-0.2, 0) is 6.61 Å². The summed E-state index contributed by atoms with van der Waals surface area (Å²) in [5.41, 5.74) is 0.379. The molecule has 0 atom stereocenters. The highest BCUT2D eigenvalue weighted by Crippen LogP contribution is 2.29. The van der Waals surface area contributed by atoms with Crippen LogP contribution in [0.1, 0.15) is 16.7 Å². The minimum Gasteiger partial charge on any atom is -0.449 e. The Balaban J connectivity index is 2.34. The first-order valence-corrected chi connectivity index (χ1v) is 7.07. The summed E-state index contributed by atoms with van der Waals surface area (Å²) in [5.74, 6) is -0.426. The average Bonchev–Trinajstić information content (AvgIpc) is 2.58. The van der Waals surface area contributed by atoms with Gasteiger partial charge in [0.1, 0.15) is 0 Å². The van der Waals surface area contributed by atoms with Crippen LogP contribution in [0.25, 0.3) is 12.2 Å². The van der Waals surface area contributed by atoms with Crippen molar-refractivity contribution in [1.29, 1.82) is 0 Å². The second kappa shape index (κ2) is 7.85. The van der Waals surface area contributed by atoms with Gasteiger partial charge in [0.2, 0.25) is 5.75 Å². The lowest BCUT2D eigenvalue weighted by Crippen LogP contribution is -2.05. The van der Waals surface area contributed by atoms with Gasteiger partial charge in [0.05, 0.1) is 22.0 Å². The molecule has 0 saturated heterocycles. The van der Waals surface area contributed by atoms with Gasteiger partial charge in [0.15, 0.2) is 0 Å². The number of hydrogen-bond acceptors (Lipinski definition) is 7. The lowest BCUT2D eigenvalue weighted by Gasteiger charge is -2.03. The minimum absolute atomic E-state index is 0.135. The number of aliphatic hydroxyl groups is 1. The summed E-state index contributed by atoms with van der Waals surface area (Å²) in [6.45, 7) is -0.508. The molecule has 0 saturated carbocycles. The molecule has 2 N–H and O–H groups in total. The summed E-state index contributed by atoms with van der Waals surface area (Å²) < 4.78 is 4.41. The van der Waals surface area contributed by atoms with Crippen molar-refractivity contribution in [3.63, 3.8) is 0 Å². The lowest BCUT2D eigenvalue weighted by molar-refractivity contribution is -0.385. The van der Waals surface area contributed by atoms with Gasteiger partial charge in [-0.2, -0.15) is 0 Å². The van der Waals surface area contributed by atoms with E-state index in [-0.39, 0.29) is 11.3 Å². The number of nitro groups is 2. The Hall–Kier alpha value is -3.79. The number of nitro benzene ring substituents is 2. The fraction of sp³-hybridized carbons (Fsp3) is 0.0625. The summed E-state index contributed by atoms with van der Waals surface area (Å²) in [6, 6.07) is 7.82.